The molecule has 0 radical (unpaired) electrons. The number of piperidine rings is 1. The van der Waals surface area contributed by atoms with Gasteiger partial charge in [0.25, 0.3) is 0 Å². The maximum atomic E-state index is 11.2. The predicted octanol–water partition coefficient (Wildman–Crippen LogP) is 1.38. The Morgan fingerprint density at radius 3 is 2.20 bits per heavy atom. The minimum Gasteiger partial charge on any atom is -0.480 e. The van der Waals surface area contributed by atoms with Gasteiger partial charge in [0, 0.05) is 6.54 Å². The van der Waals surface area contributed by atoms with Gasteiger partial charge in [-0.05, 0) is 38.0 Å². The minimum atomic E-state index is -1.24. The average molecular weight is 213 g/mol. The van der Waals surface area contributed by atoms with Gasteiger partial charge < -0.3 is 10.2 Å². The quantitative estimate of drug-likeness (QED) is 0.689. The zero-order valence-corrected chi connectivity index (χ0v) is 8.69. The molecule has 1 aliphatic heterocycles. The molecule has 1 spiro atoms. The number of likely N-dealkylation sites (tertiary alicyclic amines) is 1. The molecule has 5 nitrogen and oxygen atoms in total. The number of aliphatic carboxylic acids is 1. The van der Waals surface area contributed by atoms with E-state index < -0.39 is 17.6 Å². The molecule has 2 fully saturated rings. The van der Waals surface area contributed by atoms with Gasteiger partial charge in [-0.2, -0.15) is 0 Å². The van der Waals surface area contributed by atoms with E-state index in [9.17, 15) is 14.7 Å². The summed E-state index contributed by atoms with van der Waals surface area (Å²) in [5, 5.41) is 18.1. The summed E-state index contributed by atoms with van der Waals surface area (Å²) >= 11 is 0. The highest BCUT2D eigenvalue weighted by molar-refractivity contribution is 5.84. The number of rotatable bonds is 1. The van der Waals surface area contributed by atoms with Crippen molar-refractivity contribution < 1.29 is 19.8 Å². The van der Waals surface area contributed by atoms with Crippen molar-refractivity contribution in [3.05, 3.63) is 0 Å². The molecule has 1 atom stereocenters. The molecule has 2 rings (SSSR count). The number of hydrogen-bond donors (Lipinski definition) is 2. The van der Waals surface area contributed by atoms with E-state index in [-0.39, 0.29) is 5.41 Å². The van der Waals surface area contributed by atoms with Crippen molar-refractivity contribution in [2.45, 2.75) is 38.1 Å². The van der Waals surface area contributed by atoms with Crippen molar-refractivity contribution in [1.82, 2.24) is 4.90 Å². The van der Waals surface area contributed by atoms with E-state index in [1.54, 1.807) is 0 Å². The molecule has 2 N–H and O–H groups in total. The van der Waals surface area contributed by atoms with Gasteiger partial charge in [0.2, 0.25) is 0 Å². The summed E-state index contributed by atoms with van der Waals surface area (Å²) in [5.74, 6) is -1.03. The van der Waals surface area contributed by atoms with E-state index in [1.165, 1.54) is 6.92 Å². The van der Waals surface area contributed by atoms with Crippen molar-refractivity contribution >= 4 is 12.1 Å². The Morgan fingerprint density at radius 2 is 1.80 bits per heavy atom. The highest BCUT2D eigenvalue weighted by Gasteiger charge is 2.57. The first-order chi connectivity index (χ1) is 6.90. The topological polar surface area (TPSA) is 77.8 Å². The van der Waals surface area contributed by atoms with Crippen LogP contribution in [-0.2, 0) is 4.79 Å². The first-order valence-corrected chi connectivity index (χ1v) is 5.14. The second-order valence-corrected chi connectivity index (χ2v) is 4.94. The minimum absolute atomic E-state index is 0.124. The van der Waals surface area contributed by atoms with Crippen molar-refractivity contribution in [3.63, 3.8) is 0 Å². The van der Waals surface area contributed by atoms with Crippen LogP contribution in [-0.4, -0.2) is 39.3 Å². The van der Waals surface area contributed by atoms with Crippen molar-refractivity contribution in [2.75, 3.05) is 6.54 Å². The normalized spacial score (nSPS) is 32.7. The van der Waals surface area contributed by atoms with Crippen LogP contribution < -0.4 is 0 Å². The number of carboxylic acids is 1. The highest BCUT2D eigenvalue weighted by Crippen LogP contribution is 2.57. The lowest BCUT2D eigenvalue weighted by atomic mass is 9.79. The van der Waals surface area contributed by atoms with Gasteiger partial charge >= 0.3 is 12.1 Å². The molecule has 0 aromatic heterocycles. The average Bonchev–Trinajstić information content (AvgIpc) is 2.83. The molecular weight excluding hydrogens is 198 g/mol. The fourth-order valence-corrected chi connectivity index (χ4v) is 2.61. The fourth-order valence-electron chi connectivity index (χ4n) is 2.61. The van der Waals surface area contributed by atoms with Crippen LogP contribution in [0.2, 0.25) is 0 Å². The van der Waals surface area contributed by atoms with Gasteiger partial charge in [-0.25, -0.2) is 9.59 Å². The molecule has 5 heteroatoms. The second kappa shape index (κ2) is 2.87. The maximum Gasteiger partial charge on any atom is 0.408 e. The standard InChI is InChI=1S/C10H15NO4/c1-9(7(12)13)6-10(2-3-10)4-5-11(9)8(14)15/h2-6H2,1H3,(H,12,13)(H,14,15). The molecule has 1 aliphatic carbocycles. The number of amides is 1. The first-order valence-electron chi connectivity index (χ1n) is 5.14. The summed E-state index contributed by atoms with van der Waals surface area (Å²) < 4.78 is 0. The lowest BCUT2D eigenvalue weighted by Crippen LogP contribution is -2.59. The van der Waals surface area contributed by atoms with Gasteiger partial charge in [-0.15, -0.1) is 0 Å². The molecule has 2 aliphatic rings. The van der Waals surface area contributed by atoms with Crippen LogP contribution in [0.1, 0.15) is 32.6 Å². The van der Waals surface area contributed by atoms with Crippen LogP contribution in [0.3, 0.4) is 0 Å². The highest BCUT2D eigenvalue weighted by atomic mass is 16.4. The van der Waals surface area contributed by atoms with Crippen molar-refractivity contribution in [3.8, 4) is 0 Å². The number of carbonyl (C=O) groups is 2. The predicted molar refractivity (Wildman–Crippen MR) is 51.7 cm³/mol. The van der Waals surface area contributed by atoms with Gasteiger partial charge in [0.15, 0.2) is 0 Å². The third-order valence-corrected chi connectivity index (χ3v) is 3.83. The zero-order chi connectivity index (χ0) is 11.3. The van der Waals surface area contributed by atoms with Crippen LogP contribution in [0.15, 0.2) is 0 Å². The molecule has 1 saturated carbocycles. The van der Waals surface area contributed by atoms with Crippen molar-refractivity contribution in [2.24, 2.45) is 5.41 Å². The number of nitrogens with zero attached hydrogens (tertiary/aromatic N) is 1. The molecule has 1 heterocycles. The Balaban J connectivity index is 2.26. The van der Waals surface area contributed by atoms with Crippen LogP contribution >= 0.6 is 0 Å². The van der Waals surface area contributed by atoms with Crippen LogP contribution in [0.25, 0.3) is 0 Å². The third-order valence-electron chi connectivity index (χ3n) is 3.83. The molecule has 0 bridgehead atoms. The molecular formula is C10H15NO4. The summed E-state index contributed by atoms with van der Waals surface area (Å²) in [6, 6.07) is 0. The lowest BCUT2D eigenvalue weighted by molar-refractivity contribution is -0.153. The van der Waals surface area contributed by atoms with Crippen LogP contribution in [0, 0.1) is 5.41 Å². The zero-order valence-electron chi connectivity index (χ0n) is 8.69. The Kier molecular flexibility index (Phi) is 1.96. The molecule has 1 saturated heterocycles. The largest absolute Gasteiger partial charge is 0.480 e. The van der Waals surface area contributed by atoms with Crippen LogP contribution in [0.5, 0.6) is 0 Å². The number of hydrogen-bond acceptors (Lipinski definition) is 2. The van der Waals surface area contributed by atoms with Gasteiger partial charge in [0.05, 0.1) is 0 Å². The Bertz CT molecular complexity index is 323. The second-order valence-electron chi connectivity index (χ2n) is 4.94. The summed E-state index contributed by atoms with van der Waals surface area (Å²) in [6.45, 7) is 1.86. The number of carboxylic acid groups (broad SMARTS) is 2. The molecule has 0 aromatic carbocycles. The third kappa shape index (κ3) is 1.46. The van der Waals surface area contributed by atoms with E-state index in [0.29, 0.717) is 13.0 Å². The summed E-state index contributed by atoms with van der Waals surface area (Å²) in [7, 11) is 0. The molecule has 84 valence electrons. The SMILES string of the molecule is CC1(C(=O)O)CC2(CCN1C(=O)O)CC2. The van der Waals surface area contributed by atoms with Crippen molar-refractivity contribution in [1.29, 1.82) is 0 Å². The van der Waals surface area contributed by atoms with Gasteiger partial charge in [0.1, 0.15) is 5.54 Å². The summed E-state index contributed by atoms with van der Waals surface area (Å²) in [5.41, 5.74) is -1.11. The van der Waals surface area contributed by atoms with Crippen LogP contribution in [0.4, 0.5) is 4.79 Å². The summed E-state index contributed by atoms with van der Waals surface area (Å²) in [4.78, 5) is 23.2. The Labute approximate surface area is 87.7 Å². The molecule has 15 heavy (non-hydrogen) atoms. The molecule has 1 amide bonds. The molecule has 1 unspecified atom stereocenters. The van der Waals surface area contributed by atoms with E-state index in [1.807, 2.05) is 0 Å². The lowest BCUT2D eigenvalue weighted by Gasteiger charge is -2.43. The monoisotopic (exact) mass is 213 g/mol. The summed E-state index contributed by atoms with van der Waals surface area (Å²) in [6.07, 6.45) is 2.23. The Hall–Kier alpha value is -1.26. The maximum absolute atomic E-state index is 11.2. The van der Waals surface area contributed by atoms with E-state index in [0.717, 1.165) is 24.2 Å². The van der Waals surface area contributed by atoms with Gasteiger partial charge in [-0.1, -0.05) is 0 Å². The Morgan fingerprint density at radius 1 is 1.20 bits per heavy atom. The van der Waals surface area contributed by atoms with Gasteiger partial charge in [-0.3, -0.25) is 4.90 Å². The fraction of sp³-hybridized carbons (Fsp3) is 0.800. The van der Waals surface area contributed by atoms with E-state index >= 15 is 0 Å². The van der Waals surface area contributed by atoms with E-state index in [2.05, 4.69) is 0 Å². The molecule has 0 aromatic rings. The first kappa shape index (κ1) is 10.3. The smallest absolute Gasteiger partial charge is 0.408 e. The van der Waals surface area contributed by atoms with E-state index in [4.69, 9.17) is 5.11 Å².